The minimum Gasteiger partial charge on any atom is -0.493 e. The molecule has 1 aliphatic heterocycles. The molecule has 0 radical (unpaired) electrons. The summed E-state index contributed by atoms with van der Waals surface area (Å²) in [6.07, 6.45) is 3.39. The molecule has 112 valence electrons. The number of hydrogen-bond donors (Lipinski definition) is 1. The van der Waals surface area contributed by atoms with Crippen LogP contribution in [0.15, 0.2) is 18.2 Å². The first kappa shape index (κ1) is 13.8. The third kappa shape index (κ3) is 2.33. The van der Waals surface area contributed by atoms with E-state index >= 15 is 0 Å². The zero-order valence-electron chi connectivity index (χ0n) is 12.8. The van der Waals surface area contributed by atoms with Crippen LogP contribution in [0, 0.1) is 0 Å². The first-order valence-electron chi connectivity index (χ1n) is 7.27. The molecule has 0 saturated carbocycles. The van der Waals surface area contributed by atoms with Gasteiger partial charge in [-0.25, -0.2) is 0 Å². The van der Waals surface area contributed by atoms with Gasteiger partial charge in [-0.3, -0.25) is 4.68 Å². The van der Waals surface area contributed by atoms with E-state index in [0.29, 0.717) is 0 Å². The molecule has 2 aromatic rings. The number of rotatable bonds is 3. The summed E-state index contributed by atoms with van der Waals surface area (Å²) >= 11 is 0. The quantitative estimate of drug-likeness (QED) is 0.943. The summed E-state index contributed by atoms with van der Waals surface area (Å²) in [5, 5.41) is 8.18. The number of methoxy groups -OCH3 is 2. The van der Waals surface area contributed by atoms with Gasteiger partial charge >= 0.3 is 0 Å². The van der Waals surface area contributed by atoms with Crippen molar-refractivity contribution in [2.45, 2.75) is 19.3 Å². The number of para-hydroxylation sites is 1. The predicted octanol–water partition coefficient (Wildman–Crippen LogP) is 2.85. The van der Waals surface area contributed by atoms with Gasteiger partial charge in [-0.2, -0.15) is 5.10 Å². The summed E-state index contributed by atoms with van der Waals surface area (Å²) < 4.78 is 12.9. The van der Waals surface area contributed by atoms with Crippen LogP contribution in [-0.2, 0) is 13.5 Å². The van der Waals surface area contributed by atoms with Crippen LogP contribution in [0.3, 0.4) is 0 Å². The third-order valence-electron chi connectivity index (χ3n) is 3.95. The fourth-order valence-electron chi connectivity index (χ4n) is 2.95. The average molecular weight is 287 g/mol. The largest absolute Gasteiger partial charge is 0.493 e. The number of fused-ring (bicyclic) bond motifs is 1. The summed E-state index contributed by atoms with van der Waals surface area (Å²) in [5.74, 6) is 2.59. The predicted molar refractivity (Wildman–Crippen MR) is 83.2 cm³/mol. The van der Waals surface area contributed by atoms with E-state index < -0.39 is 0 Å². The number of ether oxygens (including phenoxy) is 2. The van der Waals surface area contributed by atoms with Crippen molar-refractivity contribution < 1.29 is 9.47 Å². The lowest BCUT2D eigenvalue weighted by atomic mass is 10.0. The summed E-state index contributed by atoms with van der Waals surface area (Å²) in [5.41, 5.74) is 3.23. The highest BCUT2D eigenvalue weighted by Crippen LogP contribution is 2.41. The smallest absolute Gasteiger partial charge is 0.170 e. The lowest BCUT2D eigenvalue weighted by molar-refractivity contribution is 0.356. The summed E-state index contributed by atoms with van der Waals surface area (Å²) in [7, 11) is 5.30. The Labute approximate surface area is 124 Å². The molecule has 0 aliphatic carbocycles. The number of nitrogens with one attached hydrogen (secondary N) is 1. The second-order valence-corrected chi connectivity index (χ2v) is 5.22. The molecule has 0 spiro atoms. The number of hydrogen-bond acceptors (Lipinski definition) is 4. The molecule has 1 N–H and O–H groups in total. The SMILES string of the molecule is COc1cccc(-c2nn(C)c3c2CCCCN3)c1OC. The number of anilines is 1. The van der Waals surface area contributed by atoms with E-state index in [2.05, 4.69) is 5.32 Å². The number of benzene rings is 1. The Bertz CT molecular complexity index is 649. The molecule has 1 aliphatic rings. The molecule has 3 rings (SSSR count). The summed E-state index contributed by atoms with van der Waals surface area (Å²) in [6, 6.07) is 5.92. The molecule has 0 saturated heterocycles. The van der Waals surface area contributed by atoms with Crippen LogP contribution in [0.4, 0.5) is 5.82 Å². The molecule has 2 heterocycles. The zero-order valence-corrected chi connectivity index (χ0v) is 12.8. The van der Waals surface area contributed by atoms with Gasteiger partial charge in [-0.15, -0.1) is 0 Å². The van der Waals surface area contributed by atoms with E-state index in [1.54, 1.807) is 14.2 Å². The van der Waals surface area contributed by atoms with Gasteiger partial charge in [0.05, 0.1) is 14.2 Å². The van der Waals surface area contributed by atoms with Crippen LogP contribution in [0.2, 0.25) is 0 Å². The van der Waals surface area contributed by atoms with Crippen molar-refractivity contribution in [1.29, 1.82) is 0 Å². The lowest BCUT2D eigenvalue weighted by Gasteiger charge is -2.12. The van der Waals surface area contributed by atoms with Gasteiger partial charge < -0.3 is 14.8 Å². The molecule has 5 nitrogen and oxygen atoms in total. The highest BCUT2D eigenvalue weighted by atomic mass is 16.5. The first-order chi connectivity index (χ1) is 10.3. The fraction of sp³-hybridized carbons (Fsp3) is 0.438. The Balaban J connectivity index is 2.17. The molecule has 0 fully saturated rings. The van der Waals surface area contributed by atoms with Crippen LogP contribution >= 0.6 is 0 Å². The van der Waals surface area contributed by atoms with E-state index in [-0.39, 0.29) is 0 Å². The Morgan fingerprint density at radius 2 is 2.05 bits per heavy atom. The fourth-order valence-corrected chi connectivity index (χ4v) is 2.95. The van der Waals surface area contributed by atoms with Crippen molar-refractivity contribution >= 4 is 5.82 Å². The Hall–Kier alpha value is -2.17. The maximum absolute atomic E-state index is 5.56. The van der Waals surface area contributed by atoms with Crippen molar-refractivity contribution in [3.8, 4) is 22.8 Å². The normalized spacial score (nSPS) is 14.0. The van der Waals surface area contributed by atoms with Gasteiger partial charge in [-0.1, -0.05) is 6.07 Å². The highest BCUT2D eigenvalue weighted by molar-refractivity contribution is 5.77. The van der Waals surface area contributed by atoms with Crippen LogP contribution in [0.1, 0.15) is 18.4 Å². The Morgan fingerprint density at radius 3 is 2.81 bits per heavy atom. The van der Waals surface area contributed by atoms with Crippen LogP contribution in [-0.4, -0.2) is 30.5 Å². The number of aryl methyl sites for hydroxylation is 1. The molecule has 1 aromatic carbocycles. The lowest BCUT2D eigenvalue weighted by Crippen LogP contribution is -2.04. The molecule has 0 amide bonds. The van der Waals surface area contributed by atoms with Crippen molar-refractivity contribution in [2.24, 2.45) is 7.05 Å². The molecule has 5 heteroatoms. The standard InChI is InChI=1S/C16H21N3O2/c1-19-16-12(7-4-5-10-17-16)14(18-19)11-8-6-9-13(20-2)15(11)21-3/h6,8-9,17H,4-5,7,10H2,1-3H3. The molecule has 0 bridgehead atoms. The third-order valence-corrected chi connectivity index (χ3v) is 3.95. The minimum atomic E-state index is 0.732. The topological polar surface area (TPSA) is 48.3 Å². The van der Waals surface area contributed by atoms with Gasteiger partial charge in [0.25, 0.3) is 0 Å². The van der Waals surface area contributed by atoms with E-state index in [1.807, 2.05) is 29.9 Å². The van der Waals surface area contributed by atoms with E-state index in [4.69, 9.17) is 14.6 Å². The van der Waals surface area contributed by atoms with Crippen LogP contribution < -0.4 is 14.8 Å². The van der Waals surface area contributed by atoms with Crippen molar-refractivity contribution in [1.82, 2.24) is 9.78 Å². The first-order valence-corrected chi connectivity index (χ1v) is 7.27. The average Bonchev–Trinajstić information content (AvgIpc) is 2.70. The summed E-state index contributed by atoms with van der Waals surface area (Å²) in [6.45, 7) is 1.00. The maximum Gasteiger partial charge on any atom is 0.170 e. The molecule has 0 unspecified atom stereocenters. The molecular weight excluding hydrogens is 266 g/mol. The number of aromatic nitrogens is 2. The molecular formula is C16H21N3O2. The van der Waals surface area contributed by atoms with Gasteiger partial charge in [0.2, 0.25) is 0 Å². The summed E-state index contributed by atoms with van der Waals surface area (Å²) in [4.78, 5) is 0. The zero-order chi connectivity index (χ0) is 14.8. The van der Waals surface area contributed by atoms with Gasteiger partial charge in [0.1, 0.15) is 11.5 Å². The van der Waals surface area contributed by atoms with Crippen LogP contribution in [0.25, 0.3) is 11.3 Å². The van der Waals surface area contributed by atoms with Crippen molar-refractivity contribution in [2.75, 3.05) is 26.1 Å². The molecule has 0 atom stereocenters. The number of nitrogens with zero attached hydrogens (tertiary/aromatic N) is 2. The molecule has 1 aromatic heterocycles. The van der Waals surface area contributed by atoms with E-state index in [1.165, 1.54) is 18.4 Å². The van der Waals surface area contributed by atoms with E-state index in [0.717, 1.165) is 41.5 Å². The molecule has 21 heavy (non-hydrogen) atoms. The second kappa shape index (κ2) is 5.68. The van der Waals surface area contributed by atoms with Crippen molar-refractivity contribution in [3.63, 3.8) is 0 Å². The minimum absolute atomic E-state index is 0.732. The Kier molecular flexibility index (Phi) is 3.73. The highest BCUT2D eigenvalue weighted by Gasteiger charge is 2.22. The van der Waals surface area contributed by atoms with Gasteiger partial charge in [-0.05, 0) is 31.4 Å². The van der Waals surface area contributed by atoms with Gasteiger partial charge in [0.15, 0.2) is 11.5 Å². The van der Waals surface area contributed by atoms with E-state index in [9.17, 15) is 0 Å². The van der Waals surface area contributed by atoms with Crippen LogP contribution in [0.5, 0.6) is 11.5 Å². The second-order valence-electron chi connectivity index (χ2n) is 5.22. The maximum atomic E-state index is 5.56. The van der Waals surface area contributed by atoms with Crippen molar-refractivity contribution in [3.05, 3.63) is 23.8 Å². The Morgan fingerprint density at radius 1 is 1.19 bits per heavy atom. The van der Waals surface area contributed by atoms with Gasteiger partial charge in [0, 0.05) is 24.7 Å². The monoisotopic (exact) mass is 287 g/mol.